The van der Waals surface area contributed by atoms with Gasteiger partial charge in [0.2, 0.25) is 5.91 Å². The predicted octanol–water partition coefficient (Wildman–Crippen LogP) is 5.52. The van der Waals surface area contributed by atoms with Crippen molar-refractivity contribution < 1.29 is 23.5 Å². The third kappa shape index (κ3) is 6.96. The van der Waals surface area contributed by atoms with E-state index in [0.29, 0.717) is 12.8 Å². The molecule has 0 radical (unpaired) electrons. The van der Waals surface area contributed by atoms with E-state index >= 15 is 4.39 Å². The molecule has 4 rings (SSSR count). The van der Waals surface area contributed by atoms with Gasteiger partial charge in [0.05, 0.1) is 16.6 Å². The Bertz CT molecular complexity index is 1360. The number of carbonyl (C=O) groups is 3. The summed E-state index contributed by atoms with van der Waals surface area (Å²) in [5.74, 6) is -1.49. The summed E-state index contributed by atoms with van der Waals surface area (Å²) >= 11 is 6.24. The standard InChI is InChI=1S/C29H30ClFN4O4.ClH/c1-3-23(21-10-11-22(30)26(27(21)31)28(37)19-9-12-24(32)33-15-19)34-17(2)13-25(36)35-20(16-39-29(35)38)14-18-7-5-4-6-8-18;/h4-12,15,17,20,23,34H,3,13-14,16H2,1-2H3,(H2,32,33);1H/t17?,20-,23-;/m1./s1. The number of nitrogens with zero attached hydrogens (tertiary/aromatic N) is 2. The van der Waals surface area contributed by atoms with E-state index in [1.165, 1.54) is 35.4 Å². The molecule has 2 amide bonds. The Morgan fingerprint density at radius 2 is 1.93 bits per heavy atom. The van der Waals surface area contributed by atoms with E-state index in [1.54, 1.807) is 6.92 Å². The lowest BCUT2D eigenvalue weighted by Crippen LogP contribution is -2.43. The minimum Gasteiger partial charge on any atom is -0.447 e. The van der Waals surface area contributed by atoms with Crippen LogP contribution < -0.4 is 11.1 Å². The van der Waals surface area contributed by atoms with Crippen LogP contribution in [0.15, 0.2) is 60.8 Å². The first-order chi connectivity index (χ1) is 18.7. The van der Waals surface area contributed by atoms with Crippen LogP contribution in [0, 0.1) is 5.82 Å². The molecular formula is C29H31Cl2FN4O4. The molecule has 1 aliphatic heterocycles. The number of nitrogen functional groups attached to an aromatic ring is 1. The normalized spacial score (nSPS) is 16.1. The second-order valence-electron chi connectivity index (χ2n) is 9.54. The highest BCUT2D eigenvalue weighted by Crippen LogP contribution is 2.30. The van der Waals surface area contributed by atoms with Crippen molar-refractivity contribution in [2.24, 2.45) is 0 Å². The van der Waals surface area contributed by atoms with E-state index < -0.39 is 35.8 Å². The van der Waals surface area contributed by atoms with Gasteiger partial charge < -0.3 is 15.8 Å². The molecule has 0 spiro atoms. The van der Waals surface area contributed by atoms with Crippen molar-refractivity contribution in [2.75, 3.05) is 12.3 Å². The van der Waals surface area contributed by atoms with Gasteiger partial charge in [-0.15, -0.1) is 12.4 Å². The molecule has 0 bridgehead atoms. The van der Waals surface area contributed by atoms with Crippen LogP contribution in [0.25, 0.3) is 0 Å². The van der Waals surface area contributed by atoms with Crippen LogP contribution in [0.4, 0.5) is 15.0 Å². The van der Waals surface area contributed by atoms with Gasteiger partial charge in [-0.05, 0) is 43.5 Å². The summed E-state index contributed by atoms with van der Waals surface area (Å²) in [7, 11) is 0. The number of pyridine rings is 1. The van der Waals surface area contributed by atoms with Gasteiger partial charge in [-0.1, -0.05) is 54.9 Å². The minimum atomic E-state index is -0.742. The first-order valence-corrected chi connectivity index (χ1v) is 13.1. The number of cyclic esters (lactones) is 1. The fourth-order valence-corrected chi connectivity index (χ4v) is 4.95. The number of halogens is 3. The number of carbonyl (C=O) groups excluding carboxylic acids is 3. The van der Waals surface area contributed by atoms with Gasteiger partial charge in [-0.2, -0.15) is 0 Å². The molecule has 1 saturated heterocycles. The third-order valence-corrected chi connectivity index (χ3v) is 7.01. The lowest BCUT2D eigenvalue weighted by molar-refractivity contribution is -0.129. The number of benzene rings is 2. The van der Waals surface area contributed by atoms with Crippen LogP contribution in [0.3, 0.4) is 0 Å². The maximum Gasteiger partial charge on any atom is 0.416 e. The molecule has 11 heteroatoms. The number of ether oxygens (including phenoxy) is 1. The Labute approximate surface area is 243 Å². The first-order valence-electron chi connectivity index (χ1n) is 12.7. The van der Waals surface area contributed by atoms with Crippen molar-refractivity contribution in [3.05, 3.63) is 93.9 Å². The molecule has 1 fully saturated rings. The second kappa shape index (κ2) is 13.7. The summed E-state index contributed by atoms with van der Waals surface area (Å²) in [6.45, 7) is 3.78. The van der Waals surface area contributed by atoms with Crippen molar-refractivity contribution in [1.82, 2.24) is 15.2 Å². The maximum atomic E-state index is 15.7. The highest BCUT2D eigenvalue weighted by atomic mass is 35.5. The summed E-state index contributed by atoms with van der Waals surface area (Å²) < 4.78 is 20.9. The van der Waals surface area contributed by atoms with Crippen molar-refractivity contribution in [3.63, 3.8) is 0 Å². The van der Waals surface area contributed by atoms with Crippen LogP contribution in [0.5, 0.6) is 0 Å². The molecule has 40 heavy (non-hydrogen) atoms. The van der Waals surface area contributed by atoms with E-state index in [-0.39, 0.29) is 58.9 Å². The molecule has 3 atom stereocenters. The van der Waals surface area contributed by atoms with E-state index in [2.05, 4.69) is 10.3 Å². The summed E-state index contributed by atoms with van der Waals surface area (Å²) in [6.07, 6.45) is 1.57. The lowest BCUT2D eigenvalue weighted by Gasteiger charge is -2.26. The van der Waals surface area contributed by atoms with E-state index in [9.17, 15) is 14.4 Å². The van der Waals surface area contributed by atoms with Gasteiger partial charge in [-0.3, -0.25) is 9.59 Å². The maximum absolute atomic E-state index is 15.7. The number of imide groups is 1. The summed E-state index contributed by atoms with van der Waals surface area (Å²) in [5, 5.41) is 3.25. The van der Waals surface area contributed by atoms with E-state index in [4.69, 9.17) is 22.1 Å². The Morgan fingerprint density at radius 3 is 2.58 bits per heavy atom. The molecule has 2 heterocycles. The van der Waals surface area contributed by atoms with Crippen LogP contribution in [-0.2, 0) is 16.0 Å². The molecule has 0 saturated carbocycles. The zero-order valence-electron chi connectivity index (χ0n) is 22.1. The molecular weight excluding hydrogens is 558 g/mol. The lowest BCUT2D eigenvalue weighted by atomic mass is 9.96. The summed E-state index contributed by atoms with van der Waals surface area (Å²) in [4.78, 5) is 43.6. The first kappa shape index (κ1) is 31.0. The number of hydrogen-bond donors (Lipinski definition) is 2. The smallest absolute Gasteiger partial charge is 0.416 e. The van der Waals surface area contributed by atoms with Crippen LogP contribution in [0.2, 0.25) is 5.02 Å². The highest BCUT2D eigenvalue weighted by molar-refractivity contribution is 6.35. The third-order valence-electron chi connectivity index (χ3n) is 6.69. The van der Waals surface area contributed by atoms with Gasteiger partial charge in [0.15, 0.2) is 5.78 Å². The van der Waals surface area contributed by atoms with Gasteiger partial charge >= 0.3 is 6.09 Å². The molecule has 3 aromatic rings. The summed E-state index contributed by atoms with van der Waals surface area (Å²) in [6, 6.07) is 14.2. The molecule has 1 unspecified atom stereocenters. The Hall–Kier alpha value is -3.53. The number of amides is 2. The van der Waals surface area contributed by atoms with E-state index in [0.717, 1.165) is 5.56 Å². The number of hydrogen-bond acceptors (Lipinski definition) is 7. The Kier molecular flexibility index (Phi) is 10.6. The molecule has 212 valence electrons. The monoisotopic (exact) mass is 588 g/mol. The Balaban J connectivity index is 0.00000441. The largest absolute Gasteiger partial charge is 0.447 e. The van der Waals surface area contributed by atoms with Gasteiger partial charge in [0.1, 0.15) is 18.2 Å². The van der Waals surface area contributed by atoms with Crippen molar-refractivity contribution in [3.8, 4) is 0 Å². The molecule has 0 aliphatic carbocycles. The fourth-order valence-electron chi connectivity index (χ4n) is 4.72. The number of nitrogens with one attached hydrogen (secondary N) is 1. The van der Waals surface area contributed by atoms with Crippen LogP contribution in [-0.4, -0.2) is 46.4 Å². The van der Waals surface area contributed by atoms with Gasteiger partial charge in [0, 0.05) is 35.8 Å². The van der Waals surface area contributed by atoms with E-state index in [1.807, 2.05) is 37.3 Å². The minimum absolute atomic E-state index is 0. The molecule has 2 aromatic carbocycles. The molecule has 1 aromatic heterocycles. The second-order valence-corrected chi connectivity index (χ2v) is 9.95. The number of rotatable bonds is 10. The zero-order chi connectivity index (χ0) is 28.1. The number of aromatic nitrogens is 1. The van der Waals surface area contributed by atoms with Crippen molar-refractivity contribution in [1.29, 1.82) is 0 Å². The number of anilines is 1. The average Bonchev–Trinajstić information content (AvgIpc) is 3.28. The van der Waals surface area contributed by atoms with Crippen LogP contribution in [0.1, 0.15) is 59.8 Å². The zero-order valence-corrected chi connectivity index (χ0v) is 23.7. The number of nitrogens with two attached hydrogens (primary N) is 1. The molecule has 3 N–H and O–H groups in total. The predicted molar refractivity (Wildman–Crippen MR) is 153 cm³/mol. The van der Waals surface area contributed by atoms with Crippen LogP contribution >= 0.6 is 24.0 Å². The fraction of sp³-hybridized carbons (Fsp3) is 0.310. The molecule has 1 aliphatic rings. The molecule has 8 nitrogen and oxygen atoms in total. The number of ketones is 1. The Morgan fingerprint density at radius 1 is 1.20 bits per heavy atom. The van der Waals surface area contributed by atoms with Crippen molar-refractivity contribution >= 4 is 47.6 Å². The summed E-state index contributed by atoms with van der Waals surface area (Å²) in [5.41, 5.74) is 6.74. The topological polar surface area (TPSA) is 115 Å². The van der Waals surface area contributed by atoms with Gasteiger partial charge in [-0.25, -0.2) is 19.1 Å². The quantitative estimate of drug-likeness (QED) is 0.300. The van der Waals surface area contributed by atoms with Crippen molar-refractivity contribution in [2.45, 2.75) is 51.2 Å². The average molecular weight is 589 g/mol. The van der Waals surface area contributed by atoms with Gasteiger partial charge in [0.25, 0.3) is 0 Å². The SMILES string of the molecule is CC[C@@H](NC(C)CC(=O)N1C(=O)OC[C@H]1Cc1ccccc1)c1ccc(Cl)c(C(=O)c2ccc(N)nc2)c1F.Cl. The highest BCUT2D eigenvalue weighted by Gasteiger charge is 2.38.